The molecule has 0 saturated carbocycles. The average molecular weight is 284 g/mol. The summed E-state index contributed by atoms with van der Waals surface area (Å²) < 4.78 is 6.39. The van der Waals surface area contributed by atoms with Crippen molar-refractivity contribution in [2.45, 2.75) is 25.9 Å². The van der Waals surface area contributed by atoms with Crippen LogP contribution in [0.1, 0.15) is 24.8 Å². The minimum atomic E-state index is 0.0288. The Labute approximate surface area is 104 Å². The molecule has 0 aliphatic carbocycles. The van der Waals surface area contributed by atoms with Crippen LogP contribution in [-0.2, 0) is 6.61 Å². The van der Waals surface area contributed by atoms with E-state index < -0.39 is 0 Å². The first-order valence-electron chi connectivity index (χ1n) is 5.17. The molecule has 0 unspecified atom stereocenters. The second kappa shape index (κ2) is 7.26. The third-order valence-electron chi connectivity index (χ3n) is 2.12. The van der Waals surface area contributed by atoms with E-state index in [0.29, 0.717) is 13.0 Å². The highest BCUT2D eigenvalue weighted by Gasteiger charge is 2.01. The van der Waals surface area contributed by atoms with Crippen LogP contribution in [0, 0.1) is 11.3 Å². The van der Waals surface area contributed by atoms with Crippen molar-refractivity contribution < 1.29 is 9.84 Å². The number of unbranched alkanes of at least 4 members (excludes halogenated alkanes) is 2. The summed E-state index contributed by atoms with van der Waals surface area (Å²) in [7, 11) is 0. The summed E-state index contributed by atoms with van der Waals surface area (Å²) in [6.45, 7) is 0.639. The number of ether oxygens (including phenoxy) is 1. The normalized spacial score (nSPS) is 9.81. The molecular weight excluding hydrogens is 270 g/mol. The van der Waals surface area contributed by atoms with Crippen molar-refractivity contribution in [3.63, 3.8) is 0 Å². The fourth-order valence-corrected chi connectivity index (χ4v) is 1.79. The van der Waals surface area contributed by atoms with Gasteiger partial charge in [-0.15, -0.1) is 0 Å². The number of hydrogen-bond donors (Lipinski definition) is 1. The molecule has 0 radical (unpaired) electrons. The number of nitrogens with zero attached hydrogens (tertiary/aromatic N) is 1. The molecule has 86 valence electrons. The highest BCUT2D eigenvalue weighted by molar-refractivity contribution is 9.10. The smallest absolute Gasteiger partial charge is 0.133 e. The number of hydrogen-bond acceptors (Lipinski definition) is 3. The number of rotatable bonds is 6. The molecule has 0 aliphatic rings. The molecule has 1 rings (SSSR count). The van der Waals surface area contributed by atoms with Crippen LogP contribution in [0.3, 0.4) is 0 Å². The molecule has 0 aliphatic heterocycles. The van der Waals surface area contributed by atoms with Gasteiger partial charge in [-0.1, -0.05) is 6.07 Å². The molecular formula is C12H14BrNO2. The first-order valence-corrected chi connectivity index (χ1v) is 5.96. The minimum absolute atomic E-state index is 0.0288. The number of aliphatic hydroxyl groups excluding tert-OH is 1. The van der Waals surface area contributed by atoms with E-state index in [1.54, 1.807) is 0 Å². The fourth-order valence-electron chi connectivity index (χ4n) is 1.25. The maximum atomic E-state index is 8.93. The van der Waals surface area contributed by atoms with Crippen LogP contribution in [0.15, 0.2) is 22.7 Å². The van der Waals surface area contributed by atoms with E-state index in [0.717, 1.165) is 28.6 Å². The van der Waals surface area contributed by atoms with Gasteiger partial charge in [0.25, 0.3) is 0 Å². The molecule has 0 aromatic heterocycles. The molecule has 1 N–H and O–H groups in total. The Morgan fingerprint density at radius 3 is 2.81 bits per heavy atom. The largest absolute Gasteiger partial charge is 0.492 e. The van der Waals surface area contributed by atoms with Gasteiger partial charge in [0.15, 0.2) is 0 Å². The molecule has 0 atom stereocenters. The number of nitriles is 1. The molecule has 0 heterocycles. The number of aliphatic hydroxyl groups is 1. The Hall–Kier alpha value is -1.05. The fraction of sp³-hybridized carbons (Fsp3) is 0.417. The van der Waals surface area contributed by atoms with Gasteiger partial charge >= 0.3 is 0 Å². The van der Waals surface area contributed by atoms with Crippen LogP contribution >= 0.6 is 15.9 Å². The van der Waals surface area contributed by atoms with Crippen LogP contribution in [0.25, 0.3) is 0 Å². The second-order valence-corrected chi connectivity index (χ2v) is 4.24. The van der Waals surface area contributed by atoms with Crippen LogP contribution < -0.4 is 4.74 Å². The van der Waals surface area contributed by atoms with Gasteiger partial charge < -0.3 is 9.84 Å². The van der Waals surface area contributed by atoms with Crippen molar-refractivity contribution in [2.75, 3.05) is 6.61 Å². The highest BCUT2D eigenvalue weighted by atomic mass is 79.9. The van der Waals surface area contributed by atoms with Crippen molar-refractivity contribution in [1.29, 1.82) is 5.26 Å². The average Bonchev–Trinajstić information content (AvgIpc) is 2.30. The van der Waals surface area contributed by atoms with Gasteiger partial charge in [-0.05, 0) is 46.5 Å². The Balaban J connectivity index is 2.40. The summed E-state index contributed by atoms with van der Waals surface area (Å²) >= 11 is 3.38. The molecule has 1 aromatic rings. The van der Waals surface area contributed by atoms with Gasteiger partial charge in [0.05, 0.1) is 23.8 Å². The first kappa shape index (κ1) is 13.0. The SMILES string of the molecule is N#CCCCCOc1ccc(CO)cc1Br. The summed E-state index contributed by atoms with van der Waals surface area (Å²) in [5.41, 5.74) is 0.851. The van der Waals surface area contributed by atoms with Gasteiger partial charge in [-0.25, -0.2) is 0 Å². The van der Waals surface area contributed by atoms with Crippen molar-refractivity contribution in [1.82, 2.24) is 0 Å². The van der Waals surface area contributed by atoms with Gasteiger partial charge in [0, 0.05) is 6.42 Å². The van der Waals surface area contributed by atoms with Crippen LogP contribution in [0.5, 0.6) is 5.75 Å². The Morgan fingerprint density at radius 2 is 2.19 bits per heavy atom. The maximum absolute atomic E-state index is 8.93. The van der Waals surface area contributed by atoms with Crippen LogP contribution in [0.2, 0.25) is 0 Å². The Morgan fingerprint density at radius 1 is 1.38 bits per heavy atom. The zero-order chi connectivity index (χ0) is 11.8. The lowest BCUT2D eigenvalue weighted by molar-refractivity contribution is 0.280. The van der Waals surface area contributed by atoms with Crippen molar-refractivity contribution in [2.24, 2.45) is 0 Å². The van der Waals surface area contributed by atoms with Gasteiger partial charge in [-0.3, -0.25) is 0 Å². The van der Waals surface area contributed by atoms with E-state index in [1.165, 1.54) is 0 Å². The molecule has 4 heteroatoms. The summed E-state index contributed by atoms with van der Waals surface area (Å²) in [4.78, 5) is 0. The van der Waals surface area contributed by atoms with Crippen LogP contribution in [-0.4, -0.2) is 11.7 Å². The second-order valence-electron chi connectivity index (χ2n) is 3.39. The van der Waals surface area contributed by atoms with Gasteiger partial charge in [0.2, 0.25) is 0 Å². The highest BCUT2D eigenvalue weighted by Crippen LogP contribution is 2.26. The van der Waals surface area contributed by atoms with E-state index in [-0.39, 0.29) is 6.61 Å². The summed E-state index contributed by atoms with van der Waals surface area (Å²) in [5, 5.41) is 17.3. The Kier molecular flexibility index (Phi) is 5.91. The van der Waals surface area contributed by atoms with Gasteiger partial charge in [0.1, 0.15) is 5.75 Å². The quantitative estimate of drug-likeness (QED) is 0.817. The van der Waals surface area contributed by atoms with E-state index in [1.807, 2.05) is 18.2 Å². The number of halogens is 1. The first-order chi connectivity index (χ1) is 7.77. The molecule has 0 spiro atoms. The topological polar surface area (TPSA) is 53.2 Å². The summed E-state index contributed by atoms with van der Waals surface area (Å²) in [6.07, 6.45) is 2.32. The van der Waals surface area contributed by atoms with Crippen molar-refractivity contribution in [3.8, 4) is 11.8 Å². The van der Waals surface area contributed by atoms with E-state index in [2.05, 4.69) is 22.0 Å². The predicted molar refractivity (Wildman–Crippen MR) is 65.0 cm³/mol. The zero-order valence-electron chi connectivity index (χ0n) is 8.95. The molecule has 1 aromatic carbocycles. The lowest BCUT2D eigenvalue weighted by atomic mass is 10.2. The van der Waals surface area contributed by atoms with E-state index in [9.17, 15) is 0 Å². The zero-order valence-corrected chi connectivity index (χ0v) is 10.5. The predicted octanol–water partition coefficient (Wildman–Crippen LogP) is 3.01. The number of benzene rings is 1. The maximum Gasteiger partial charge on any atom is 0.133 e. The van der Waals surface area contributed by atoms with Crippen molar-refractivity contribution in [3.05, 3.63) is 28.2 Å². The van der Waals surface area contributed by atoms with E-state index in [4.69, 9.17) is 15.1 Å². The molecule has 0 saturated heterocycles. The third kappa shape index (κ3) is 4.21. The molecule has 0 bridgehead atoms. The third-order valence-corrected chi connectivity index (χ3v) is 2.74. The molecule has 3 nitrogen and oxygen atoms in total. The standard InChI is InChI=1S/C12H14BrNO2/c13-11-8-10(9-15)4-5-12(11)16-7-3-1-2-6-14/h4-5,8,15H,1-3,7,9H2. The summed E-state index contributed by atoms with van der Waals surface area (Å²) in [5.74, 6) is 0.772. The molecule has 16 heavy (non-hydrogen) atoms. The lowest BCUT2D eigenvalue weighted by Crippen LogP contribution is -1.98. The van der Waals surface area contributed by atoms with Crippen molar-refractivity contribution >= 4 is 15.9 Å². The molecule has 0 amide bonds. The van der Waals surface area contributed by atoms with Gasteiger partial charge in [-0.2, -0.15) is 5.26 Å². The minimum Gasteiger partial charge on any atom is -0.492 e. The lowest BCUT2D eigenvalue weighted by Gasteiger charge is -2.08. The summed E-state index contributed by atoms with van der Waals surface area (Å²) in [6, 6.07) is 7.60. The Bertz CT molecular complexity index is 374. The monoisotopic (exact) mass is 283 g/mol. The van der Waals surface area contributed by atoms with E-state index >= 15 is 0 Å². The molecule has 0 fully saturated rings. The van der Waals surface area contributed by atoms with Crippen LogP contribution in [0.4, 0.5) is 0 Å².